The third-order valence-electron chi connectivity index (χ3n) is 1.91. The Morgan fingerprint density at radius 3 is 2.53 bits per heavy atom. The van der Waals surface area contributed by atoms with Gasteiger partial charge in [0.25, 0.3) is 0 Å². The van der Waals surface area contributed by atoms with Crippen LogP contribution in [0.3, 0.4) is 0 Å². The van der Waals surface area contributed by atoms with Gasteiger partial charge in [0.2, 0.25) is 0 Å². The number of rotatable bonds is 3. The fraction of sp³-hybridized carbons (Fsp3) is 0.300. The molecular formula is C10H9BrF3NOS. The minimum Gasteiger partial charge on any atom is -0.398 e. The minimum absolute atomic E-state index is 0.0410. The Balaban J connectivity index is 3.06. The van der Waals surface area contributed by atoms with Crippen molar-refractivity contribution in [2.24, 2.45) is 0 Å². The van der Waals surface area contributed by atoms with Crippen LogP contribution in [0.1, 0.15) is 17.3 Å². The van der Waals surface area contributed by atoms with E-state index in [4.69, 9.17) is 5.73 Å². The summed E-state index contributed by atoms with van der Waals surface area (Å²) < 4.78 is 36.7. The fourth-order valence-electron chi connectivity index (χ4n) is 1.16. The molecule has 17 heavy (non-hydrogen) atoms. The average Bonchev–Trinajstić information content (AvgIpc) is 2.18. The number of hydrogen-bond donors (Lipinski definition) is 1. The second-order valence-electron chi connectivity index (χ2n) is 3.32. The zero-order chi connectivity index (χ0) is 13.2. The molecule has 0 heterocycles. The molecule has 1 unspecified atom stereocenters. The standard InChI is InChI=1S/C10H9BrF3NOS/c1-5(16)9(11)6-2-3-7(15)8(4-6)17-10(12,13)14/h2-4,9H,15H2,1H3. The molecule has 2 N–H and O–H groups in total. The topological polar surface area (TPSA) is 43.1 Å². The highest BCUT2D eigenvalue weighted by atomic mass is 79.9. The number of anilines is 1. The van der Waals surface area contributed by atoms with E-state index >= 15 is 0 Å². The van der Waals surface area contributed by atoms with Crippen molar-refractivity contribution in [3.05, 3.63) is 23.8 Å². The predicted molar refractivity (Wildman–Crippen MR) is 65.1 cm³/mol. The summed E-state index contributed by atoms with van der Waals surface area (Å²) in [6.45, 7) is 1.35. The Hall–Kier alpha value is -0.690. The van der Waals surface area contributed by atoms with E-state index in [1.165, 1.54) is 25.1 Å². The van der Waals surface area contributed by atoms with Gasteiger partial charge in [0, 0.05) is 10.6 Å². The lowest BCUT2D eigenvalue weighted by molar-refractivity contribution is -0.116. The number of Topliss-reactive ketones (excluding diaryl/α,β-unsaturated/α-hetero) is 1. The van der Waals surface area contributed by atoms with Crippen molar-refractivity contribution in [2.45, 2.75) is 22.2 Å². The first kappa shape index (κ1) is 14.4. The van der Waals surface area contributed by atoms with Crippen LogP contribution in [0, 0.1) is 0 Å². The van der Waals surface area contributed by atoms with Gasteiger partial charge >= 0.3 is 5.51 Å². The zero-order valence-corrected chi connectivity index (χ0v) is 11.1. The highest BCUT2D eigenvalue weighted by Gasteiger charge is 2.30. The van der Waals surface area contributed by atoms with Crippen LogP contribution in [0.15, 0.2) is 23.1 Å². The Labute approximate surface area is 109 Å². The predicted octanol–water partition coefficient (Wildman–Crippen LogP) is 3.91. The van der Waals surface area contributed by atoms with Crippen LogP contribution in [0.2, 0.25) is 0 Å². The lowest BCUT2D eigenvalue weighted by atomic mass is 10.1. The van der Waals surface area contributed by atoms with Crippen LogP contribution < -0.4 is 5.73 Å². The van der Waals surface area contributed by atoms with Gasteiger partial charge in [-0.3, -0.25) is 4.79 Å². The van der Waals surface area contributed by atoms with Crippen molar-refractivity contribution >= 4 is 39.2 Å². The maximum atomic E-state index is 12.2. The molecule has 1 rings (SSSR count). The molecule has 0 spiro atoms. The summed E-state index contributed by atoms with van der Waals surface area (Å²) in [6.07, 6.45) is 0. The first-order chi connectivity index (χ1) is 7.70. The number of ketones is 1. The van der Waals surface area contributed by atoms with Crippen molar-refractivity contribution in [3.8, 4) is 0 Å². The van der Waals surface area contributed by atoms with E-state index < -0.39 is 10.3 Å². The Bertz CT molecular complexity index is 436. The second kappa shape index (κ2) is 5.30. The monoisotopic (exact) mass is 327 g/mol. The van der Waals surface area contributed by atoms with Crippen molar-refractivity contribution in [3.63, 3.8) is 0 Å². The summed E-state index contributed by atoms with van der Waals surface area (Å²) in [5.41, 5.74) is 1.55. The third kappa shape index (κ3) is 4.23. The number of nitrogen functional groups attached to an aromatic ring is 1. The molecule has 0 radical (unpaired) electrons. The molecule has 0 aliphatic heterocycles. The van der Waals surface area contributed by atoms with Crippen molar-refractivity contribution in [2.75, 3.05) is 5.73 Å². The van der Waals surface area contributed by atoms with E-state index in [0.29, 0.717) is 5.56 Å². The number of thioether (sulfide) groups is 1. The molecule has 1 atom stereocenters. The molecule has 0 bridgehead atoms. The molecule has 0 saturated carbocycles. The van der Waals surface area contributed by atoms with Gasteiger partial charge in [-0.15, -0.1) is 0 Å². The van der Waals surface area contributed by atoms with Gasteiger partial charge in [-0.05, 0) is 36.4 Å². The van der Waals surface area contributed by atoms with Gasteiger partial charge < -0.3 is 5.73 Å². The maximum absolute atomic E-state index is 12.2. The van der Waals surface area contributed by atoms with Crippen LogP contribution in [0.25, 0.3) is 0 Å². The molecule has 7 heteroatoms. The molecule has 0 aliphatic carbocycles. The molecule has 2 nitrogen and oxygen atoms in total. The van der Waals surface area contributed by atoms with Gasteiger partial charge in [0.05, 0.1) is 4.83 Å². The first-order valence-electron chi connectivity index (χ1n) is 4.50. The van der Waals surface area contributed by atoms with Gasteiger partial charge in [0.1, 0.15) is 5.78 Å². The third-order valence-corrected chi connectivity index (χ3v) is 3.89. The zero-order valence-electron chi connectivity index (χ0n) is 8.72. The van der Waals surface area contributed by atoms with Crippen LogP contribution >= 0.6 is 27.7 Å². The lowest BCUT2D eigenvalue weighted by Crippen LogP contribution is -2.04. The smallest absolute Gasteiger partial charge is 0.398 e. The number of nitrogens with two attached hydrogens (primary N) is 1. The molecule has 0 aliphatic rings. The number of hydrogen-bond acceptors (Lipinski definition) is 3. The van der Waals surface area contributed by atoms with Gasteiger partial charge in [-0.2, -0.15) is 13.2 Å². The Morgan fingerprint density at radius 2 is 2.06 bits per heavy atom. The largest absolute Gasteiger partial charge is 0.446 e. The second-order valence-corrected chi connectivity index (χ2v) is 5.34. The molecule has 1 aromatic rings. The SMILES string of the molecule is CC(=O)C(Br)c1ccc(N)c(SC(F)(F)F)c1. The summed E-state index contributed by atoms with van der Waals surface area (Å²) in [5.74, 6) is -0.183. The van der Waals surface area contributed by atoms with E-state index in [9.17, 15) is 18.0 Å². The molecule has 94 valence electrons. The Kier molecular flexibility index (Phi) is 4.48. The fourth-order valence-corrected chi connectivity index (χ4v) is 2.07. The normalized spacial score (nSPS) is 13.5. The van der Waals surface area contributed by atoms with E-state index in [2.05, 4.69) is 15.9 Å². The number of benzene rings is 1. The first-order valence-corrected chi connectivity index (χ1v) is 6.23. The molecular weight excluding hydrogens is 319 g/mol. The van der Waals surface area contributed by atoms with E-state index in [-0.39, 0.29) is 28.1 Å². The van der Waals surface area contributed by atoms with Crippen LogP contribution in [-0.4, -0.2) is 11.3 Å². The van der Waals surface area contributed by atoms with Crippen molar-refractivity contribution in [1.82, 2.24) is 0 Å². The minimum atomic E-state index is -4.40. The summed E-state index contributed by atoms with van der Waals surface area (Å²) in [7, 11) is 0. The lowest BCUT2D eigenvalue weighted by Gasteiger charge is -2.12. The molecule has 0 aromatic heterocycles. The summed E-state index contributed by atoms with van der Waals surface area (Å²) in [5, 5.41) is 0. The quantitative estimate of drug-likeness (QED) is 0.520. The highest BCUT2D eigenvalue weighted by Crippen LogP contribution is 2.41. The van der Waals surface area contributed by atoms with Crippen LogP contribution in [0.5, 0.6) is 0 Å². The molecule has 0 fully saturated rings. The van der Waals surface area contributed by atoms with Crippen molar-refractivity contribution < 1.29 is 18.0 Å². The molecule has 1 aromatic carbocycles. The average molecular weight is 328 g/mol. The molecule has 0 saturated heterocycles. The summed E-state index contributed by atoms with van der Waals surface area (Å²) in [4.78, 5) is 10.4. The van der Waals surface area contributed by atoms with Gasteiger partial charge in [-0.25, -0.2) is 0 Å². The molecule has 0 amide bonds. The van der Waals surface area contributed by atoms with E-state index in [0.717, 1.165) is 0 Å². The maximum Gasteiger partial charge on any atom is 0.446 e. The van der Waals surface area contributed by atoms with Gasteiger partial charge in [-0.1, -0.05) is 22.0 Å². The van der Waals surface area contributed by atoms with Crippen LogP contribution in [-0.2, 0) is 4.79 Å². The Morgan fingerprint density at radius 1 is 1.47 bits per heavy atom. The van der Waals surface area contributed by atoms with E-state index in [1.807, 2.05) is 0 Å². The number of carbonyl (C=O) groups is 1. The number of carbonyl (C=O) groups excluding carboxylic acids is 1. The van der Waals surface area contributed by atoms with Crippen molar-refractivity contribution in [1.29, 1.82) is 0 Å². The summed E-state index contributed by atoms with van der Waals surface area (Å²) in [6, 6.07) is 4.16. The van der Waals surface area contributed by atoms with E-state index in [1.54, 1.807) is 0 Å². The summed E-state index contributed by atoms with van der Waals surface area (Å²) >= 11 is 2.82. The number of alkyl halides is 4. The van der Waals surface area contributed by atoms with Crippen LogP contribution in [0.4, 0.5) is 18.9 Å². The highest BCUT2D eigenvalue weighted by molar-refractivity contribution is 9.09. The number of halogens is 4. The van der Waals surface area contributed by atoms with Gasteiger partial charge in [0.15, 0.2) is 0 Å².